The number of aliphatic hydroxyl groups is 1. The summed E-state index contributed by atoms with van der Waals surface area (Å²) in [7, 11) is 0. The maximum atomic E-state index is 10.2. The van der Waals surface area contributed by atoms with Crippen LogP contribution in [0.3, 0.4) is 0 Å². The predicted molar refractivity (Wildman–Crippen MR) is 73.7 cm³/mol. The highest BCUT2D eigenvalue weighted by atomic mass is 16.3. The van der Waals surface area contributed by atoms with E-state index < -0.39 is 6.10 Å². The van der Waals surface area contributed by atoms with Crippen molar-refractivity contribution in [3.63, 3.8) is 0 Å². The van der Waals surface area contributed by atoms with Crippen LogP contribution in [0.5, 0.6) is 0 Å². The van der Waals surface area contributed by atoms with Crippen molar-refractivity contribution in [3.05, 3.63) is 48.2 Å². The molecule has 0 amide bonds. The summed E-state index contributed by atoms with van der Waals surface area (Å²) in [6.45, 7) is 5.33. The van der Waals surface area contributed by atoms with Crippen LogP contribution < -0.4 is 5.32 Å². The number of para-hydroxylation sites is 1. The third-order valence-corrected chi connectivity index (χ3v) is 3.70. The number of benzene rings is 1. The fraction of sp³-hybridized carbons (Fsp3) is 0.333. The van der Waals surface area contributed by atoms with E-state index in [9.17, 15) is 5.11 Å². The number of aromatic nitrogens is 1. The molecular formula is C15H18N2O. The van der Waals surface area contributed by atoms with E-state index in [1.807, 2.05) is 18.2 Å². The summed E-state index contributed by atoms with van der Waals surface area (Å²) in [6.07, 6.45) is 2.42. The van der Waals surface area contributed by atoms with Gasteiger partial charge in [-0.1, -0.05) is 24.3 Å². The van der Waals surface area contributed by atoms with Crippen LogP contribution in [-0.4, -0.2) is 23.2 Å². The zero-order valence-corrected chi connectivity index (χ0v) is 10.3. The van der Waals surface area contributed by atoms with E-state index in [2.05, 4.69) is 29.0 Å². The Morgan fingerprint density at radius 1 is 1.33 bits per heavy atom. The van der Waals surface area contributed by atoms with Gasteiger partial charge in [-0.25, -0.2) is 0 Å². The van der Waals surface area contributed by atoms with Gasteiger partial charge < -0.3 is 15.4 Å². The number of aliphatic hydroxyl groups excluding tert-OH is 1. The zero-order chi connectivity index (χ0) is 12.5. The molecule has 0 aliphatic carbocycles. The van der Waals surface area contributed by atoms with Gasteiger partial charge in [0.05, 0.1) is 0 Å². The normalized spacial score (nSPS) is 23.6. The Bertz CT molecular complexity index is 573. The van der Waals surface area contributed by atoms with E-state index in [4.69, 9.17) is 0 Å². The minimum Gasteiger partial charge on any atom is -0.386 e. The number of hydrogen-bond acceptors (Lipinski definition) is 2. The Hall–Kier alpha value is -1.58. The van der Waals surface area contributed by atoms with Crippen molar-refractivity contribution >= 4 is 10.9 Å². The van der Waals surface area contributed by atoms with Crippen molar-refractivity contribution in [1.82, 2.24) is 10.3 Å². The van der Waals surface area contributed by atoms with Gasteiger partial charge in [-0.2, -0.15) is 0 Å². The molecule has 2 aromatic rings. The number of allylic oxidation sites excluding steroid dienone is 1. The van der Waals surface area contributed by atoms with E-state index >= 15 is 0 Å². The van der Waals surface area contributed by atoms with Gasteiger partial charge in [-0.3, -0.25) is 0 Å². The number of β-amino-alcohol motifs (C(OH)–C–C–N with tert-alkyl or cyclic N) is 1. The second-order valence-corrected chi connectivity index (χ2v) is 4.89. The second-order valence-electron chi connectivity index (χ2n) is 4.89. The Labute approximate surface area is 107 Å². The third kappa shape index (κ3) is 1.76. The Balaban J connectivity index is 2.22. The first kappa shape index (κ1) is 11.5. The Morgan fingerprint density at radius 2 is 2.17 bits per heavy atom. The molecule has 0 saturated carbocycles. The lowest BCUT2D eigenvalue weighted by Gasteiger charge is -2.13. The average molecular weight is 242 g/mol. The van der Waals surface area contributed by atoms with Gasteiger partial charge in [-0.05, 0) is 18.1 Å². The zero-order valence-electron chi connectivity index (χ0n) is 10.3. The van der Waals surface area contributed by atoms with E-state index in [-0.39, 0.29) is 0 Å². The topological polar surface area (TPSA) is 48.0 Å². The minimum atomic E-state index is -0.456. The molecule has 3 rings (SSSR count). The number of fused-ring (bicyclic) bond motifs is 3. The summed E-state index contributed by atoms with van der Waals surface area (Å²) in [4.78, 5) is 3.37. The lowest BCUT2D eigenvalue weighted by molar-refractivity contribution is 0.174. The lowest BCUT2D eigenvalue weighted by atomic mass is 9.92. The largest absolute Gasteiger partial charge is 0.386 e. The van der Waals surface area contributed by atoms with Crippen molar-refractivity contribution in [2.75, 3.05) is 13.1 Å². The van der Waals surface area contributed by atoms with Crippen molar-refractivity contribution in [2.24, 2.45) is 0 Å². The van der Waals surface area contributed by atoms with Crippen LogP contribution in [0.1, 0.15) is 29.7 Å². The second kappa shape index (κ2) is 4.59. The van der Waals surface area contributed by atoms with Crippen LogP contribution in [0.4, 0.5) is 0 Å². The summed E-state index contributed by atoms with van der Waals surface area (Å²) < 4.78 is 0. The SMILES string of the molecule is C=CCC1CNCC(O)c2[nH]c3ccccc3c21. The van der Waals surface area contributed by atoms with Crippen molar-refractivity contribution in [2.45, 2.75) is 18.4 Å². The molecule has 2 atom stereocenters. The molecule has 2 unspecified atom stereocenters. The molecule has 0 saturated heterocycles. The minimum absolute atomic E-state index is 0.380. The van der Waals surface area contributed by atoms with Crippen LogP contribution in [-0.2, 0) is 0 Å². The van der Waals surface area contributed by atoms with Gasteiger partial charge in [-0.15, -0.1) is 6.58 Å². The first-order valence-electron chi connectivity index (χ1n) is 6.41. The van der Waals surface area contributed by atoms with Crippen LogP contribution in [0.2, 0.25) is 0 Å². The molecule has 3 heteroatoms. The standard InChI is InChI=1S/C15H18N2O/c1-2-5-10-8-16-9-13(18)15-14(10)11-6-3-4-7-12(11)17-15/h2-4,6-7,10,13,16-18H,1,5,8-9H2. The van der Waals surface area contributed by atoms with E-state index in [1.165, 1.54) is 10.9 Å². The van der Waals surface area contributed by atoms with Crippen molar-refractivity contribution < 1.29 is 5.11 Å². The predicted octanol–water partition coefficient (Wildman–Crippen LogP) is 2.46. The molecule has 18 heavy (non-hydrogen) atoms. The summed E-state index contributed by atoms with van der Waals surface area (Å²) in [6, 6.07) is 8.26. The molecular weight excluding hydrogens is 224 g/mol. The maximum absolute atomic E-state index is 10.2. The van der Waals surface area contributed by atoms with E-state index in [0.29, 0.717) is 12.5 Å². The lowest BCUT2D eigenvalue weighted by Crippen LogP contribution is -2.22. The van der Waals surface area contributed by atoms with Crippen LogP contribution >= 0.6 is 0 Å². The number of rotatable bonds is 2. The molecule has 1 aromatic heterocycles. The number of aromatic amines is 1. The molecule has 0 bridgehead atoms. The summed E-state index contributed by atoms with van der Waals surface area (Å²) in [5.41, 5.74) is 3.33. The molecule has 1 aromatic carbocycles. The monoisotopic (exact) mass is 242 g/mol. The summed E-state index contributed by atoms with van der Waals surface area (Å²) in [5.74, 6) is 0.380. The molecule has 0 radical (unpaired) electrons. The average Bonchev–Trinajstić information content (AvgIpc) is 2.70. The molecule has 1 aliphatic rings. The van der Waals surface area contributed by atoms with E-state index in [0.717, 1.165) is 24.2 Å². The first-order chi connectivity index (χ1) is 8.81. The fourth-order valence-electron chi connectivity index (χ4n) is 2.89. The van der Waals surface area contributed by atoms with Crippen molar-refractivity contribution in [3.8, 4) is 0 Å². The fourth-order valence-corrected chi connectivity index (χ4v) is 2.89. The molecule has 2 heterocycles. The highest BCUT2D eigenvalue weighted by Gasteiger charge is 2.26. The molecule has 0 spiro atoms. The van der Waals surface area contributed by atoms with Crippen LogP contribution in [0, 0.1) is 0 Å². The van der Waals surface area contributed by atoms with Gasteiger partial charge in [0.25, 0.3) is 0 Å². The molecule has 94 valence electrons. The Kier molecular flexibility index (Phi) is 2.94. The Morgan fingerprint density at radius 3 is 3.00 bits per heavy atom. The smallest absolute Gasteiger partial charge is 0.106 e. The van der Waals surface area contributed by atoms with Gasteiger partial charge in [0.15, 0.2) is 0 Å². The highest BCUT2D eigenvalue weighted by molar-refractivity contribution is 5.85. The van der Waals surface area contributed by atoms with Gasteiger partial charge >= 0.3 is 0 Å². The summed E-state index contributed by atoms with van der Waals surface area (Å²) in [5, 5.41) is 14.7. The molecule has 1 aliphatic heterocycles. The number of hydrogen-bond donors (Lipinski definition) is 3. The molecule has 3 N–H and O–H groups in total. The van der Waals surface area contributed by atoms with E-state index in [1.54, 1.807) is 0 Å². The number of nitrogens with one attached hydrogen (secondary N) is 2. The molecule has 3 nitrogen and oxygen atoms in total. The number of H-pyrrole nitrogens is 1. The highest BCUT2D eigenvalue weighted by Crippen LogP contribution is 2.35. The summed E-state index contributed by atoms with van der Waals surface area (Å²) >= 11 is 0. The van der Waals surface area contributed by atoms with Crippen LogP contribution in [0.15, 0.2) is 36.9 Å². The van der Waals surface area contributed by atoms with Crippen LogP contribution in [0.25, 0.3) is 10.9 Å². The maximum Gasteiger partial charge on any atom is 0.106 e. The van der Waals surface area contributed by atoms with Crippen molar-refractivity contribution in [1.29, 1.82) is 0 Å². The van der Waals surface area contributed by atoms with Gasteiger partial charge in [0, 0.05) is 35.6 Å². The first-order valence-corrected chi connectivity index (χ1v) is 6.41. The van der Waals surface area contributed by atoms with Gasteiger partial charge in [0.1, 0.15) is 6.10 Å². The third-order valence-electron chi connectivity index (χ3n) is 3.70. The molecule has 0 fully saturated rings. The quantitative estimate of drug-likeness (QED) is 0.708. The van der Waals surface area contributed by atoms with Gasteiger partial charge in [0.2, 0.25) is 0 Å².